The molecule has 0 atom stereocenters. The van der Waals surface area contributed by atoms with Gasteiger partial charge in [-0.2, -0.15) is 5.11 Å². The van der Waals surface area contributed by atoms with Gasteiger partial charge in [0.15, 0.2) is 0 Å². The van der Waals surface area contributed by atoms with Gasteiger partial charge >= 0.3 is 0 Å². The standard InChI is InChI=1S/C22H30N2O/c1-7-21(3,4)16-14-18(22(5,6)8-2)20(25)19(15-16)24-23-17-12-10-9-11-13-17/h9-15,25H,7-8H2,1-6H3. The van der Waals surface area contributed by atoms with Crippen LogP contribution in [0.5, 0.6) is 5.75 Å². The van der Waals surface area contributed by atoms with E-state index in [1.165, 1.54) is 5.56 Å². The molecule has 0 aliphatic heterocycles. The first kappa shape index (κ1) is 19.2. The molecule has 0 spiro atoms. The molecule has 3 nitrogen and oxygen atoms in total. The van der Waals surface area contributed by atoms with Crippen molar-refractivity contribution in [3.63, 3.8) is 0 Å². The maximum absolute atomic E-state index is 10.8. The highest BCUT2D eigenvalue weighted by molar-refractivity contribution is 5.60. The molecule has 0 saturated heterocycles. The molecule has 3 heteroatoms. The van der Waals surface area contributed by atoms with Gasteiger partial charge in [0.05, 0.1) is 5.69 Å². The van der Waals surface area contributed by atoms with Crippen LogP contribution in [0.4, 0.5) is 11.4 Å². The highest BCUT2D eigenvalue weighted by Crippen LogP contribution is 2.43. The van der Waals surface area contributed by atoms with E-state index < -0.39 is 0 Å². The fourth-order valence-corrected chi connectivity index (χ4v) is 2.60. The molecular weight excluding hydrogens is 308 g/mol. The third kappa shape index (κ3) is 4.28. The smallest absolute Gasteiger partial charge is 0.146 e. The monoisotopic (exact) mass is 338 g/mol. The molecule has 1 N–H and O–H groups in total. The first-order chi connectivity index (χ1) is 11.7. The van der Waals surface area contributed by atoms with Crippen LogP contribution in [0.2, 0.25) is 0 Å². The average Bonchev–Trinajstić information content (AvgIpc) is 2.61. The lowest BCUT2D eigenvalue weighted by atomic mass is 9.76. The van der Waals surface area contributed by atoms with Crippen molar-refractivity contribution in [2.45, 2.75) is 65.2 Å². The number of phenols is 1. The molecule has 134 valence electrons. The summed E-state index contributed by atoms with van der Waals surface area (Å²) in [5.41, 5.74) is 3.34. The Bertz CT molecular complexity index is 746. The van der Waals surface area contributed by atoms with Crippen LogP contribution in [0.25, 0.3) is 0 Å². The topological polar surface area (TPSA) is 45.0 Å². The van der Waals surface area contributed by atoms with Gasteiger partial charge in [0, 0.05) is 5.56 Å². The predicted molar refractivity (Wildman–Crippen MR) is 105 cm³/mol. The van der Waals surface area contributed by atoms with Crippen molar-refractivity contribution in [3.8, 4) is 5.75 Å². The lowest BCUT2D eigenvalue weighted by Gasteiger charge is -2.30. The Kier molecular flexibility index (Phi) is 5.66. The molecule has 0 fully saturated rings. The number of benzene rings is 2. The molecule has 2 rings (SSSR count). The molecule has 25 heavy (non-hydrogen) atoms. The third-order valence-corrected chi connectivity index (χ3v) is 5.40. The first-order valence-corrected chi connectivity index (χ1v) is 9.06. The van der Waals surface area contributed by atoms with Crippen LogP contribution in [0.3, 0.4) is 0 Å². The van der Waals surface area contributed by atoms with Crippen LogP contribution in [-0.2, 0) is 10.8 Å². The second-order valence-corrected chi connectivity index (χ2v) is 7.90. The molecule has 0 aliphatic carbocycles. The molecule has 0 bridgehead atoms. The predicted octanol–water partition coefficient (Wildman–Crippen LogP) is 7.18. The summed E-state index contributed by atoms with van der Waals surface area (Å²) in [6.07, 6.45) is 1.95. The summed E-state index contributed by atoms with van der Waals surface area (Å²) < 4.78 is 0. The number of hydrogen-bond acceptors (Lipinski definition) is 3. The fraction of sp³-hybridized carbons (Fsp3) is 0.455. The van der Waals surface area contributed by atoms with E-state index in [-0.39, 0.29) is 16.6 Å². The van der Waals surface area contributed by atoms with Gasteiger partial charge in [0.2, 0.25) is 0 Å². The SMILES string of the molecule is CCC(C)(C)c1cc(N=Nc2ccccc2)c(O)c(C(C)(C)CC)c1. The highest BCUT2D eigenvalue weighted by atomic mass is 16.3. The lowest BCUT2D eigenvalue weighted by Crippen LogP contribution is -2.20. The third-order valence-electron chi connectivity index (χ3n) is 5.40. The molecule has 2 aromatic rings. The summed E-state index contributed by atoms with van der Waals surface area (Å²) in [4.78, 5) is 0. The van der Waals surface area contributed by atoms with Crippen molar-refractivity contribution >= 4 is 11.4 Å². The van der Waals surface area contributed by atoms with E-state index in [0.717, 1.165) is 24.1 Å². The van der Waals surface area contributed by atoms with Crippen molar-refractivity contribution in [1.29, 1.82) is 0 Å². The van der Waals surface area contributed by atoms with E-state index in [0.29, 0.717) is 5.69 Å². The number of aromatic hydroxyl groups is 1. The molecule has 0 aliphatic rings. The van der Waals surface area contributed by atoms with E-state index in [1.807, 2.05) is 36.4 Å². The van der Waals surface area contributed by atoms with Crippen LogP contribution in [-0.4, -0.2) is 5.11 Å². The summed E-state index contributed by atoms with van der Waals surface area (Å²) in [5, 5.41) is 19.5. The molecule has 0 saturated carbocycles. The Hall–Kier alpha value is -2.16. The van der Waals surface area contributed by atoms with Gasteiger partial charge in [0.25, 0.3) is 0 Å². The number of phenolic OH excluding ortho intramolecular Hbond substituents is 1. The number of rotatable bonds is 6. The lowest BCUT2D eigenvalue weighted by molar-refractivity contribution is 0.426. The van der Waals surface area contributed by atoms with E-state index in [9.17, 15) is 5.11 Å². The molecule has 0 unspecified atom stereocenters. The van der Waals surface area contributed by atoms with Gasteiger partial charge in [0.1, 0.15) is 11.4 Å². The molecule has 2 aromatic carbocycles. The van der Waals surface area contributed by atoms with E-state index in [2.05, 4.69) is 57.8 Å². The van der Waals surface area contributed by atoms with Gasteiger partial charge < -0.3 is 5.11 Å². The number of azo groups is 1. The van der Waals surface area contributed by atoms with Crippen molar-refractivity contribution < 1.29 is 5.11 Å². The molecule has 0 amide bonds. The van der Waals surface area contributed by atoms with E-state index in [4.69, 9.17) is 0 Å². The Balaban J connectivity index is 2.60. The molecule has 0 heterocycles. The van der Waals surface area contributed by atoms with Gasteiger partial charge in [-0.05, 0) is 47.4 Å². The number of hydrogen-bond donors (Lipinski definition) is 1. The Morgan fingerprint density at radius 2 is 1.44 bits per heavy atom. The Labute approximate surface area is 151 Å². The van der Waals surface area contributed by atoms with Crippen molar-refractivity contribution in [2.75, 3.05) is 0 Å². The van der Waals surface area contributed by atoms with Gasteiger partial charge in [-0.15, -0.1) is 5.11 Å². The van der Waals surface area contributed by atoms with Crippen LogP contribution in [0, 0.1) is 0 Å². The minimum absolute atomic E-state index is 0.0172. The zero-order valence-corrected chi connectivity index (χ0v) is 16.3. The second kappa shape index (κ2) is 7.38. The number of nitrogens with zero attached hydrogens (tertiary/aromatic N) is 2. The first-order valence-electron chi connectivity index (χ1n) is 9.06. The average molecular weight is 338 g/mol. The maximum Gasteiger partial charge on any atom is 0.146 e. The van der Waals surface area contributed by atoms with E-state index >= 15 is 0 Å². The Morgan fingerprint density at radius 3 is 2.00 bits per heavy atom. The van der Waals surface area contributed by atoms with Crippen molar-refractivity contribution in [2.24, 2.45) is 10.2 Å². The summed E-state index contributed by atoms with van der Waals surface area (Å²) >= 11 is 0. The quantitative estimate of drug-likeness (QED) is 0.557. The minimum atomic E-state index is -0.124. The highest BCUT2D eigenvalue weighted by Gasteiger charge is 2.28. The zero-order chi connectivity index (χ0) is 18.7. The fourth-order valence-electron chi connectivity index (χ4n) is 2.60. The largest absolute Gasteiger partial charge is 0.505 e. The van der Waals surface area contributed by atoms with Crippen LogP contribution in [0.1, 0.15) is 65.5 Å². The maximum atomic E-state index is 10.8. The van der Waals surface area contributed by atoms with Gasteiger partial charge in [-0.3, -0.25) is 0 Å². The summed E-state index contributed by atoms with van der Waals surface area (Å²) in [6.45, 7) is 13.1. The van der Waals surface area contributed by atoms with Crippen molar-refractivity contribution in [3.05, 3.63) is 53.6 Å². The van der Waals surface area contributed by atoms with Gasteiger partial charge in [-0.1, -0.05) is 65.8 Å². The molecular formula is C22H30N2O. The summed E-state index contributed by atoms with van der Waals surface area (Å²) in [5.74, 6) is 0.238. The summed E-state index contributed by atoms with van der Waals surface area (Å²) in [7, 11) is 0. The molecule has 0 radical (unpaired) electrons. The minimum Gasteiger partial charge on any atom is -0.505 e. The summed E-state index contributed by atoms with van der Waals surface area (Å²) in [6, 6.07) is 13.7. The Morgan fingerprint density at radius 1 is 0.840 bits per heavy atom. The molecule has 0 aromatic heterocycles. The van der Waals surface area contributed by atoms with Gasteiger partial charge in [-0.25, -0.2) is 0 Å². The second-order valence-electron chi connectivity index (χ2n) is 7.90. The van der Waals surface area contributed by atoms with Crippen LogP contribution >= 0.6 is 0 Å². The zero-order valence-electron chi connectivity index (χ0n) is 16.3. The normalized spacial score (nSPS) is 12.7. The van der Waals surface area contributed by atoms with Crippen LogP contribution in [0.15, 0.2) is 52.7 Å². The van der Waals surface area contributed by atoms with Crippen molar-refractivity contribution in [1.82, 2.24) is 0 Å². The van der Waals surface area contributed by atoms with Crippen LogP contribution < -0.4 is 0 Å². The van der Waals surface area contributed by atoms with E-state index in [1.54, 1.807) is 0 Å².